The van der Waals surface area contributed by atoms with E-state index in [2.05, 4.69) is 15.9 Å². The van der Waals surface area contributed by atoms with Crippen LogP contribution in [0.15, 0.2) is 46.9 Å². The molecule has 0 saturated heterocycles. The lowest BCUT2D eigenvalue weighted by molar-refractivity contribution is -0.117. The molecule has 0 amide bonds. The molecule has 2 rings (SSSR count). The number of Topliss-reactive ketones (excluding diaryl/α,β-unsaturated/α-hetero) is 1. The molecular formula is C16H14BrFO. The highest BCUT2D eigenvalue weighted by Crippen LogP contribution is 2.21. The molecule has 0 aromatic heterocycles. The number of halogens is 2. The second-order valence-corrected chi connectivity index (χ2v) is 5.38. The molecule has 2 aromatic rings. The third kappa shape index (κ3) is 3.74. The molecule has 2 aromatic carbocycles. The van der Waals surface area contributed by atoms with Crippen molar-refractivity contribution in [1.29, 1.82) is 0 Å². The maximum Gasteiger partial charge on any atom is 0.141 e. The molecule has 0 aliphatic carbocycles. The predicted molar refractivity (Wildman–Crippen MR) is 77.7 cm³/mol. The van der Waals surface area contributed by atoms with Crippen LogP contribution in [0.25, 0.3) is 0 Å². The van der Waals surface area contributed by atoms with E-state index in [9.17, 15) is 9.18 Å². The zero-order valence-electron chi connectivity index (χ0n) is 10.6. The Balaban J connectivity index is 2.05. The number of benzene rings is 2. The van der Waals surface area contributed by atoms with Gasteiger partial charge in [0.2, 0.25) is 0 Å². The molecule has 0 unspecified atom stereocenters. The largest absolute Gasteiger partial charge is 0.299 e. The summed E-state index contributed by atoms with van der Waals surface area (Å²) >= 11 is 3.18. The van der Waals surface area contributed by atoms with Gasteiger partial charge in [-0.15, -0.1) is 0 Å². The van der Waals surface area contributed by atoms with Crippen LogP contribution in [0, 0.1) is 12.7 Å². The fourth-order valence-corrected chi connectivity index (χ4v) is 2.30. The first-order valence-corrected chi connectivity index (χ1v) is 6.85. The normalized spacial score (nSPS) is 10.5. The third-order valence-electron chi connectivity index (χ3n) is 2.94. The lowest BCUT2D eigenvalue weighted by atomic mass is 10.0. The molecule has 0 bridgehead atoms. The Morgan fingerprint density at radius 1 is 1.11 bits per heavy atom. The summed E-state index contributed by atoms with van der Waals surface area (Å²) in [6.45, 7) is 2.01. The zero-order chi connectivity index (χ0) is 13.8. The first-order chi connectivity index (χ1) is 9.06. The van der Waals surface area contributed by atoms with Crippen molar-refractivity contribution < 1.29 is 9.18 Å². The van der Waals surface area contributed by atoms with Crippen molar-refractivity contribution in [2.45, 2.75) is 19.8 Å². The molecule has 0 saturated carbocycles. The van der Waals surface area contributed by atoms with Crippen LogP contribution in [0.4, 0.5) is 4.39 Å². The minimum absolute atomic E-state index is 0.0788. The average molecular weight is 321 g/mol. The van der Waals surface area contributed by atoms with Crippen LogP contribution in [-0.2, 0) is 17.6 Å². The molecule has 19 heavy (non-hydrogen) atoms. The molecular weight excluding hydrogens is 307 g/mol. The Morgan fingerprint density at radius 3 is 2.47 bits per heavy atom. The average Bonchev–Trinajstić information content (AvgIpc) is 2.38. The van der Waals surface area contributed by atoms with E-state index in [-0.39, 0.29) is 18.0 Å². The van der Waals surface area contributed by atoms with Crippen molar-refractivity contribution in [3.05, 3.63) is 69.4 Å². The number of rotatable bonds is 4. The SMILES string of the molecule is Cc1ccc(CC(=O)Cc2cccc(F)c2Br)cc1. The van der Waals surface area contributed by atoms with Gasteiger partial charge in [-0.2, -0.15) is 0 Å². The molecule has 0 aliphatic rings. The molecule has 98 valence electrons. The molecule has 0 aliphatic heterocycles. The highest BCUT2D eigenvalue weighted by molar-refractivity contribution is 9.10. The smallest absolute Gasteiger partial charge is 0.141 e. The number of ketones is 1. The van der Waals surface area contributed by atoms with Gasteiger partial charge in [0, 0.05) is 12.8 Å². The summed E-state index contributed by atoms with van der Waals surface area (Å²) in [5.41, 5.74) is 2.85. The lowest BCUT2D eigenvalue weighted by Crippen LogP contribution is -2.07. The van der Waals surface area contributed by atoms with Crippen molar-refractivity contribution in [2.24, 2.45) is 0 Å². The van der Waals surface area contributed by atoms with Gasteiger partial charge >= 0.3 is 0 Å². The molecule has 1 nitrogen and oxygen atoms in total. The fourth-order valence-electron chi connectivity index (χ4n) is 1.89. The number of carbonyl (C=O) groups excluding carboxylic acids is 1. The summed E-state index contributed by atoms with van der Waals surface area (Å²) in [4.78, 5) is 12.0. The Bertz CT molecular complexity index is 590. The van der Waals surface area contributed by atoms with Crippen molar-refractivity contribution in [3.8, 4) is 0 Å². The molecule has 0 N–H and O–H groups in total. The van der Waals surface area contributed by atoms with Crippen LogP contribution >= 0.6 is 15.9 Å². The molecule has 3 heteroatoms. The summed E-state index contributed by atoms with van der Waals surface area (Å²) in [6.07, 6.45) is 0.620. The van der Waals surface area contributed by atoms with Gasteiger partial charge in [0.25, 0.3) is 0 Å². The Morgan fingerprint density at radius 2 is 1.79 bits per heavy atom. The number of hydrogen-bond donors (Lipinski definition) is 0. The number of aryl methyl sites for hydroxylation is 1. The van der Waals surface area contributed by atoms with Crippen LogP contribution in [0.3, 0.4) is 0 Å². The van der Waals surface area contributed by atoms with Gasteiger partial charge in [0.05, 0.1) is 4.47 Å². The molecule has 0 heterocycles. The van der Waals surface area contributed by atoms with E-state index in [0.29, 0.717) is 16.5 Å². The molecule has 0 spiro atoms. The van der Waals surface area contributed by atoms with Crippen LogP contribution in [-0.4, -0.2) is 5.78 Å². The van der Waals surface area contributed by atoms with Gasteiger partial charge in [-0.1, -0.05) is 42.0 Å². The van der Waals surface area contributed by atoms with E-state index in [4.69, 9.17) is 0 Å². The Labute approximate surface area is 120 Å². The summed E-state index contributed by atoms with van der Waals surface area (Å²) < 4.78 is 13.7. The molecule has 0 atom stereocenters. The van der Waals surface area contributed by atoms with E-state index in [0.717, 1.165) is 5.56 Å². The summed E-state index contributed by atoms with van der Waals surface area (Å²) in [5, 5.41) is 0. The second-order valence-electron chi connectivity index (χ2n) is 4.59. The first kappa shape index (κ1) is 13.9. The summed E-state index contributed by atoms with van der Waals surface area (Å²) in [6, 6.07) is 12.6. The van der Waals surface area contributed by atoms with Gasteiger partial charge in [0.15, 0.2) is 0 Å². The highest BCUT2D eigenvalue weighted by Gasteiger charge is 2.10. The summed E-state index contributed by atoms with van der Waals surface area (Å²) in [7, 11) is 0. The van der Waals surface area contributed by atoms with Crippen molar-refractivity contribution >= 4 is 21.7 Å². The van der Waals surface area contributed by atoms with Crippen molar-refractivity contribution in [1.82, 2.24) is 0 Å². The predicted octanol–water partition coefficient (Wildman–Crippen LogP) is 4.25. The molecule has 0 fully saturated rings. The topological polar surface area (TPSA) is 17.1 Å². The van der Waals surface area contributed by atoms with E-state index >= 15 is 0 Å². The van der Waals surface area contributed by atoms with Gasteiger partial charge in [-0.05, 0) is 40.0 Å². The highest BCUT2D eigenvalue weighted by atomic mass is 79.9. The molecule has 0 radical (unpaired) electrons. The minimum atomic E-state index is -0.333. The third-order valence-corrected chi connectivity index (χ3v) is 3.83. The van der Waals surface area contributed by atoms with Gasteiger partial charge in [-0.25, -0.2) is 4.39 Å². The lowest BCUT2D eigenvalue weighted by Gasteiger charge is -2.05. The van der Waals surface area contributed by atoms with E-state index in [1.54, 1.807) is 12.1 Å². The van der Waals surface area contributed by atoms with Gasteiger partial charge in [0.1, 0.15) is 11.6 Å². The first-order valence-electron chi connectivity index (χ1n) is 6.06. The minimum Gasteiger partial charge on any atom is -0.299 e. The van der Waals surface area contributed by atoms with Gasteiger partial charge in [-0.3, -0.25) is 4.79 Å². The number of carbonyl (C=O) groups is 1. The van der Waals surface area contributed by atoms with E-state index < -0.39 is 0 Å². The monoisotopic (exact) mass is 320 g/mol. The van der Waals surface area contributed by atoms with Crippen LogP contribution in [0.2, 0.25) is 0 Å². The van der Waals surface area contributed by atoms with E-state index in [1.807, 2.05) is 31.2 Å². The van der Waals surface area contributed by atoms with E-state index in [1.165, 1.54) is 11.6 Å². The standard InChI is InChI=1S/C16H14BrFO/c1-11-5-7-12(8-6-11)9-14(19)10-13-3-2-4-15(18)16(13)17/h2-8H,9-10H2,1H3. The zero-order valence-corrected chi connectivity index (χ0v) is 12.2. The Kier molecular flexibility index (Phi) is 4.48. The quantitative estimate of drug-likeness (QED) is 0.823. The fraction of sp³-hybridized carbons (Fsp3) is 0.188. The second kappa shape index (κ2) is 6.11. The maximum atomic E-state index is 13.3. The van der Waals surface area contributed by atoms with Gasteiger partial charge < -0.3 is 0 Å². The Hall–Kier alpha value is -1.48. The van der Waals surface area contributed by atoms with Crippen LogP contribution in [0.1, 0.15) is 16.7 Å². The maximum absolute atomic E-state index is 13.3. The van der Waals surface area contributed by atoms with Crippen molar-refractivity contribution in [2.75, 3.05) is 0 Å². The number of hydrogen-bond acceptors (Lipinski definition) is 1. The van der Waals surface area contributed by atoms with Crippen LogP contribution in [0.5, 0.6) is 0 Å². The summed E-state index contributed by atoms with van der Waals surface area (Å²) in [5.74, 6) is -0.254. The van der Waals surface area contributed by atoms with Crippen molar-refractivity contribution in [3.63, 3.8) is 0 Å². The van der Waals surface area contributed by atoms with Crippen LogP contribution < -0.4 is 0 Å².